The maximum absolute atomic E-state index is 13.8. The van der Waals surface area contributed by atoms with Gasteiger partial charge in [0.25, 0.3) is 0 Å². The van der Waals surface area contributed by atoms with Gasteiger partial charge in [-0.25, -0.2) is 4.39 Å². The Kier molecular flexibility index (Phi) is 3.99. The summed E-state index contributed by atoms with van der Waals surface area (Å²) in [5.41, 5.74) is 6.44. The summed E-state index contributed by atoms with van der Waals surface area (Å²) in [5.74, 6) is -1.69. The molecule has 6 heteroatoms. The van der Waals surface area contributed by atoms with E-state index in [1.807, 2.05) is 0 Å². The van der Waals surface area contributed by atoms with Crippen LogP contribution in [0.2, 0.25) is 0 Å². The molecular formula is C13H16F4N2. The monoisotopic (exact) mass is 276 g/mol. The van der Waals surface area contributed by atoms with Gasteiger partial charge >= 0.3 is 6.18 Å². The Bertz CT molecular complexity index is 437. The van der Waals surface area contributed by atoms with Crippen molar-refractivity contribution in [3.8, 4) is 0 Å². The number of nitrogens with zero attached hydrogens (tertiary/aromatic N) is 1. The second-order valence-corrected chi connectivity index (χ2v) is 4.79. The van der Waals surface area contributed by atoms with E-state index in [1.165, 1.54) is 6.07 Å². The highest BCUT2D eigenvalue weighted by atomic mass is 19.4. The third kappa shape index (κ3) is 3.18. The maximum atomic E-state index is 13.8. The molecule has 0 aromatic heterocycles. The smallest absolute Gasteiger partial charge is 0.369 e. The third-order valence-corrected chi connectivity index (χ3v) is 3.55. The minimum atomic E-state index is -4.14. The Balaban J connectivity index is 2.06. The summed E-state index contributed by atoms with van der Waals surface area (Å²) >= 11 is 0. The zero-order valence-electron chi connectivity index (χ0n) is 10.4. The number of anilines is 1. The fourth-order valence-electron chi connectivity index (χ4n) is 2.38. The van der Waals surface area contributed by atoms with E-state index in [2.05, 4.69) is 0 Å². The van der Waals surface area contributed by atoms with Crippen LogP contribution in [0.5, 0.6) is 0 Å². The molecule has 1 aromatic carbocycles. The SMILES string of the molecule is NCc1ccc(N2CCC(C(F)(F)F)CC2)c(F)c1. The van der Waals surface area contributed by atoms with Gasteiger partial charge in [-0.15, -0.1) is 0 Å². The molecule has 1 heterocycles. The van der Waals surface area contributed by atoms with Gasteiger partial charge in [-0.05, 0) is 30.5 Å². The summed E-state index contributed by atoms with van der Waals surface area (Å²) in [7, 11) is 0. The van der Waals surface area contributed by atoms with Crippen LogP contribution >= 0.6 is 0 Å². The van der Waals surface area contributed by atoms with Crippen molar-refractivity contribution in [1.29, 1.82) is 0 Å². The minimum absolute atomic E-state index is 0.0155. The Labute approximate surface area is 109 Å². The van der Waals surface area contributed by atoms with Gasteiger partial charge in [0.2, 0.25) is 0 Å². The summed E-state index contributed by atoms with van der Waals surface area (Å²) in [6, 6.07) is 4.63. The molecule has 0 aliphatic carbocycles. The summed E-state index contributed by atoms with van der Waals surface area (Å²) in [6.07, 6.45) is -4.11. The lowest BCUT2D eigenvalue weighted by Gasteiger charge is -2.34. The van der Waals surface area contributed by atoms with Gasteiger partial charge < -0.3 is 10.6 Å². The Morgan fingerprint density at radius 1 is 1.21 bits per heavy atom. The number of halogens is 4. The summed E-state index contributed by atoms with van der Waals surface area (Å²) in [5, 5.41) is 0. The Morgan fingerprint density at radius 3 is 2.32 bits per heavy atom. The molecule has 1 aliphatic rings. The van der Waals surface area contributed by atoms with E-state index in [-0.39, 0.29) is 32.5 Å². The first-order chi connectivity index (χ1) is 8.91. The molecule has 0 bridgehead atoms. The zero-order chi connectivity index (χ0) is 14.0. The normalized spacial score (nSPS) is 17.8. The van der Waals surface area contributed by atoms with Gasteiger partial charge in [-0.2, -0.15) is 13.2 Å². The molecule has 19 heavy (non-hydrogen) atoms. The largest absolute Gasteiger partial charge is 0.391 e. The molecule has 1 fully saturated rings. The van der Waals surface area contributed by atoms with Crippen LogP contribution < -0.4 is 10.6 Å². The molecule has 0 unspecified atom stereocenters. The second kappa shape index (κ2) is 5.36. The standard InChI is InChI=1S/C13H16F4N2/c14-11-7-9(8-18)1-2-12(11)19-5-3-10(4-6-19)13(15,16)17/h1-2,7,10H,3-6,8,18H2. The Morgan fingerprint density at radius 2 is 1.84 bits per heavy atom. The molecule has 0 radical (unpaired) electrons. The van der Waals surface area contributed by atoms with Crippen molar-refractivity contribution in [2.24, 2.45) is 11.7 Å². The zero-order valence-corrected chi connectivity index (χ0v) is 10.4. The number of hydrogen-bond donors (Lipinski definition) is 1. The number of hydrogen-bond acceptors (Lipinski definition) is 2. The van der Waals surface area contributed by atoms with Gasteiger partial charge in [0.1, 0.15) is 5.82 Å². The number of piperidine rings is 1. The van der Waals surface area contributed by atoms with Crippen LogP contribution in [0.15, 0.2) is 18.2 Å². The molecule has 1 aromatic rings. The highest BCUT2D eigenvalue weighted by molar-refractivity contribution is 5.49. The lowest BCUT2D eigenvalue weighted by molar-refractivity contribution is -0.179. The summed E-state index contributed by atoms with van der Waals surface area (Å²) < 4.78 is 51.5. The van der Waals surface area contributed by atoms with E-state index in [4.69, 9.17) is 5.73 Å². The first-order valence-electron chi connectivity index (χ1n) is 6.22. The maximum Gasteiger partial charge on any atom is 0.391 e. The molecule has 2 nitrogen and oxygen atoms in total. The number of benzene rings is 1. The molecule has 2 N–H and O–H groups in total. The van der Waals surface area contributed by atoms with Crippen LogP contribution in [0, 0.1) is 11.7 Å². The van der Waals surface area contributed by atoms with Crippen LogP contribution in [0.1, 0.15) is 18.4 Å². The highest BCUT2D eigenvalue weighted by Crippen LogP contribution is 2.35. The third-order valence-electron chi connectivity index (χ3n) is 3.55. The van der Waals surface area contributed by atoms with Crippen molar-refractivity contribution < 1.29 is 17.6 Å². The minimum Gasteiger partial charge on any atom is -0.369 e. The number of nitrogens with two attached hydrogens (primary N) is 1. The molecular weight excluding hydrogens is 260 g/mol. The van der Waals surface area contributed by atoms with Crippen LogP contribution in [0.3, 0.4) is 0 Å². The fraction of sp³-hybridized carbons (Fsp3) is 0.538. The van der Waals surface area contributed by atoms with Crippen LogP contribution in [-0.2, 0) is 6.54 Å². The molecule has 106 valence electrons. The predicted molar refractivity (Wildman–Crippen MR) is 65.3 cm³/mol. The van der Waals surface area contributed by atoms with Crippen LogP contribution in [-0.4, -0.2) is 19.3 Å². The first kappa shape index (κ1) is 14.1. The van der Waals surface area contributed by atoms with E-state index < -0.39 is 17.9 Å². The van der Waals surface area contributed by atoms with Crippen molar-refractivity contribution in [1.82, 2.24) is 0 Å². The molecule has 0 saturated carbocycles. The summed E-state index contributed by atoms with van der Waals surface area (Å²) in [4.78, 5) is 1.66. The number of alkyl halides is 3. The van der Waals surface area contributed by atoms with Crippen molar-refractivity contribution in [2.75, 3.05) is 18.0 Å². The van der Waals surface area contributed by atoms with Crippen molar-refractivity contribution in [3.63, 3.8) is 0 Å². The van der Waals surface area contributed by atoms with Crippen molar-refractivity contribution in [2.45, 2.75) is 25.6 Å². The highest BCUT2D eigenvalue weighted by Gasteiger charge is 2.41. The molecule has 0 spiro atoms. The van der Waals surface area contributed by atoms with Gasteiger partial charge in [-0.3, -0.25) is 0 Å². The average molecular weight is 276 g/mol. The molecule has 1 saturated heterocycles. The lowest BCUT2D eigenvalue weighted by Crippen LogP contribution is -2.39. The first-order valence-corrected chi connectivity index (χ1v) is 6.22. The lowest BCUT2D eigenvalue weighted by atomic mass is 9.96. The van der Waals surface area contributed by atoms with Gasteiger partial charge in [0.05, 0.1) is 11.6 Å². The average Bonchev–Trinajstić information content (AvgIpc) is 2.37. The van der Waals surface area contributed by atoms with E-state index in [0.717, 1.165) is 0 Å². The number of rotatable bonds is 2. The quantitative estimate of drug-likeness (QED) is 0.841. The molecule has 1 aliphatic heterocycles. The molecule has 2 rings (SSSR count). The van der Waals surface area contributed by atoms with Crippen LogP contribution in [0.4, 0.5) is 23.2 Å². The van der Waals surface area contributed by atoms with Gasteiger partial charge in [0.15, 0.2) is 0 Å². The van der Waals surface area contributed by atoms with E-state index in [1.54, 1.807) is 17.0 Å². The molecule has 0 atom stereocenters. The topological polar surface area (TPSA) is 29.3 Å². The molecule has 0 amide bonds. The van der Waals surface area contributed by atoms with Crippen molar-refractivity contribution in [3.05, 3.63) is 29.6 Å². The summed E-state index contributed by atoms with van der Waals surface area (Å²) in [6.45, 7) is 0.694. The van der Waals surface area contributed by atoms with E-state index >= 15 is 0 Å². The van der Waals surface area contributed by atoms with E-state index in [0.29, 0.717) is 11.3 Å². The van der Waals surface area contributed by atoms with E-state index in [9.17, 15) is 17.6 Å². The second-order valence-electron chi connectivity index (χ2n) is 4.79. The van der Waals surface area contributed by atoms with Gasteiger partial charge in [0, 0.05) is 19.6 Å². The van der Waals surface area contributed by atoms with Crippen LogP contribution in [0.25, 0.3) is 0 Å². The predicted octanol–water partition coefficient (Wildman–Crippen LogP) is 3.06. The van der Waals surface area contributed by atoms with Gasteiger partial charge in [-0.1, -0.05) is 6.07 Å². The van der Waals surface area contributed by atoms with Crippen molar-refractivity contribution >= 4 is 5.69 Å². The Hall–Kier alpha value is -1.30. The fourth-order valence-corrected chi connectivity index (χ4v) is 2.38.